The number of hydrogen-bond acceptors (Lipinski definition) is 4. The molecule has 0 unspecified atom stereocenters. The van der Waals surface area contributed by atoms with Crippen molar-refractivity contribution in [3.05, 3.63) is 62.9 Å². The van der Waals surface area contributed by atoms with Crippen LogP contribution in [0.1, 0.15) is 27.2 Å². The molecule has 3 aromatic rings. The Labute approximate surface area is 166 Å². The van der Waals surface area contributed by atoms with Crippen molar-refractivity contribution in [1.82, 2.24) is 15.2 Å². The zero-order valence-corrected chi connectivity index (χ0v) is 16.1. The van der Waals surface area contributed by atoms with Gasteiger partial charge in [-0.2, -0.15) is 0 Å². The number of benzene rings is 1. The normalized spacial score (nSPS) is 13.4. The van der Waals surface area contributed by atoms with Gasteiger partial charge in [0.05, 0.1) is 11.1 Å². The summed E-state index contributed by atoms with van der Waals surface area (Å²) in [5.41, 5.74) is 2.26. The number of nitrogens with one attached hydrogen (secondary N) is 1. The molecule has 3 heterocycles. The molecule has 1 N–H and O–H groups in total. The van der Waals surface area contributed by atoms with Crippen molar-refractivity contribution in [2.45, 2.75) is 19.4 Å². The Bertz CT molecular complexity index is 1020. The summed E-state index contributed by atoms with van der Waals surface area (Å²) < 4.78 is 0. The number of amides is 2. The van der Waals surface area contributed by atoms with Crippen LogP contribution in [-0.2, 0) is 17.8 Å². The van der Waals surface area contributed by atoms with Gasteiger partial charge < -0.3 is 10.2 Å². The number of pyridine rings is 1. The van der Waals surface area contributed by atoms with Crippen molar-refractivity contribution in [1.29, 1.82) is 0 Å². The minimum atomic E-state index is -0.271. The largest absolute Gasteiger partial charge is 0.351 e. The van der Waals surface area contributed by atoms with Crippen LogP contribution in [0.4, 0.5) is 0 Å². The molecule has 2 amide bonds. The average Bonchev–Trinajstić information content (AvgIpc) is 3.14. The van der Waals surface area contributed by atoms with Crippen molar-refractivity contribution < 1.29 is 9.59 Å². The first-order chi connectivity index (χ1) is 13.1. The van der Waals surface area contributed by atoms with Crippen LogP contribution < -0.4 is 5.32 Å². The van der Waals surface area contributed by atoms with E-state index in [0.29, 0.717) is 22.6 Å². The molecule has 0 fully saturated rings. The van der Waals surface area contributed by atoms with Crippen LogP contribution in [0.3, 0.4) is 0 Å². The summed E-state index contributed by atoms with van der Waals surface area (Å²) in [6.45, 7) is 1.68. The maximum absolute atomic E-state index is 12.6. The third-order valence-corrected chi connectivity index (χ3v) is 5.94. The van der Waals surface area contributed by atoms with Crippen LogP contribution in [0.25, 0.3) is 10.9 Å². The molecule has 7 heteroatoms. The quantitative estimate of drug-likeness (QED) is 0.728. The van der Waals surface area contributed by atoms with Gasteiger partial charge in [-0.1, -0.05) is 17.7 Å². The molecule has 5 nitrogen and oxygen atoms in total. The molecule has 1 aliphatic rings. The Morgan fingerprint density at radius 1 is 1.30 bits per heavy atom. The van der Waals surface area contributed by atoms with Gasteiger partial charge in [0.25, 0.3) is 5.91 Å². The maximum atomic E-state index is 12.6. The van der Waals surface area contributed by atoms with Crippen LogP contribution in [-0.4, -0.2) is 34.8 Å². The van der Waals surface area contributed by atoms with E-state index in [1.54, 1.807) is 35.7 Å². The Balaban J connectivity index is 1.37. The van der Waals surface area contributed by atoms with E-state index in [4.69, 9.17) is 11.6 Å². The molecule has 0 spiro atoms. The van der Waals surface area contributed by atoms with Crippen molar-refractivity contribution in [2.24, 2.45) is 0 Å². The lowest BCUT2D eigenvalue weighted by Gasteiger charge is -2.27. The minimum Gasteiger partial charge on any atom is -0.351 e. The van der Waals surface area contributed by atoms with E-state index in [-0.39, 0.29) is 24.8 Å². The smallest absolute Gasteiger partial charge is 0.253 e. The molecule has 1 aliphatic heterocycles. The van der Waals surface area contributed by atoms with Gasteiger partial charge in [0.2, 0.25) is 5.91 Å². The summed E-state index contributed by atoms with van der Waals surface area (Å²) in [6.07, 6.45) is 2.83. The molecule has 0 aliphatic carbocycles. The van der Waals surface area contributed by atoms with Crippen LogP contribution in [0.2, 0.25) is 5.02 Å². The van der Waals surface area contributed by atoms with Crippen LogP contribution in [0, 0.1) is 0 Å². The standard InChI is InChI=1S/C20H18ClN3O2S/c21-15-10-13-2-1-6-22-19(13)16(11-15)20(26)23-7-3-18(25)24-8-4-17-14(12-24)5-9-27-17/h1-2,5-6,9-11H,3-4,7-8,12H2,(H,23,26). The highest BCUT2D eigenvalue weighted by Gasteiger charge is 2.21. The molecular formula is C20H18ClN3O2S. The Morgan fingerprint density at radius 3 is 3.07 bits per heavy atom. The van der Waals surface area contributed by atoms with Gasteiger partial charge >= 0.3 is 0 Å². The molecule has 2 aromatic heterocycles. The van der Waals surface area contributed by atoms with Crippen molar-refractivity contribution in [2.75, 3.05) is 13.1 Å². The molecule has 27 heavy (non-hydrogen) atoms. The third kappa shape index (κ3) is 3.82. The van der Waals surface area contributed by atoms with Gasteiger partial charge in [0.1, 0.15) is 0 Å². The highest BCUT2D eigenvalue weighted by molar-refractivity contribution is 7.10. The zero-order valence-electron chi connectivity index (χ0n) is 14.6. The summed E-state index contributed by atoms with van der Waals surface area (Å²) in [7, 11) is 0. The Kier molecular flexibility index (Phi) is 5.09. The Hall–Kier alpha value is -2.44. The van der Waals surface area contributed by atoms with Crippen molar-refractivity contribution in [3.8, 4) is 0 Å². The number of aromatic nitrogens is 1. The van der Waals surface area contributed by atoms with E-state index in [1.165, 1.54) is 10.4 Å². The molecule has 1 aromatic carbocycles. The lowest BCUT2D eigenvalue weighted by Crippen LogP contribution is -2.37. The van der Waals surface area contributed by atoms with E-state index in [9.17, 15) is 9.59 Å². The molecule has 0 atom stereocenters. The Morgan fingerprint density at radius 2 is 2.19 bits per heavy atom. The van der Waals surface area contributed by atoms with Gasteiger partial charge in [0, 0.05) is 47.5 Å². The number of carbonyl (C=O) groups is 2. The number of fused-ring (bicyclic) bond motifs is 2. The number of hydrogen-bond donors (Lipinski definition) is 1. The summed E-state index contributed by atoms with van der Waals surface area (Å²) in [5, 5.41) is 6.19. The van der Waals surface area contributed by atoms with E-state index >= 15 is 0 Å². The summed E-state index contributed by atoms with van der Waals surface area (Å²) >= 11 is 7.87. The molecule has 0 bridgehead atoms. The highest BCUT2D eigenvalue weighted by atomic mass is 35.5. The minimum absolute atomic E-state index is 0.0567. The van der Waals surface area contributed by atoms with E-state index in [2.05, 4.69) is 21.7 Å². The second-order valence-corrected chi connectivity index (χ2v) is 7.91. The van der Waals surface area contributed by atoms with Crippen LogP contribution >= 0.6 is 22.9 Å². The average molecular weight is 400 g/mol. The van der Waals surface area contributed by atoms with Crippen LogP contribution in [0.15, 0.2) is 41.9 Å². The second kappa shape index (κ2) is 7.66. The monoisotopic (exact) mass is 399 g/mol. The van der Waals surface area contributed by atoms with Crippen molar-refractivity contribution in [3.63, 3.8) is 0 Å². The number of carbonyl (C=O) groups excluding carboxylic acids is 2. The summed E-state index contributed by atoms with van der Waals surface area (Å²) in [4.78, 5) is 32.5. The molecule has 0 saturated carbocycles. The van der Waals surface area contributed by atoms with Gasteiger partial charge in [0.15, 0.2) is 0 Å². The fraction of sp³-hybridized carbons (Fsp3) is 0.250. The SMILES string of the molecule is O=C(NCCC(=O)N1CCc2sccc2C1)c1cc(Cl)cc2cccnc12. The second-order valence-electron chi connectivity index (χ2n) is 6.47. The third-order valence-electron chi connectivity index (χ3n) is 4.70. The predicted molar refractivity (Wildman–Crippen MR) is 107 cm³/mol. The zero-order chi connectivity index (χ0) is 18.8. The topological polar surface area (TPSA) is 62.3 Å². The highest BCUT2D eigenvalue weighted by Crippen LogP contribution is 2.24. The van der Waals surface area contributed by atoms with E-state index in [0.717, 1.165) is 18.4 Å². The molecule has 0 radical (unpaired) electrons. The lowest BCUT2D eigenvalue weighted by molar-refractivity contribution is -0.131. The summed E-state index contributed by atoms with van der Waals surface area (Å²) in [5.74, 6) is -0.214. The number of thiophene rings is 1. The number of nitrogens with zero attached hydrogens (tertiary/aromatic N) is 2. The fourth-order valence-electron chi connectivity index (χ4n) is 3.33. The van der Waals surface area contributed by atoms with E-state index in [1.807, 2.05) is 11.0 Å². The first-order valence-electron chi connectivity index (χ1n) is 8.77. The maximum Gasteiger partial charge on any atom is 0.253 e. The number of halogens is 1. The first-order valence-corrected chi connectivity index (χ1v) is 10.0. The van der Waals surface area contributed by atoms with Gasteiger partial charge in [-0.15, -0.1) is 11.3 Å². The molecular weight excluding hydrogens is 382 g/mol. The molecule has 0 saturated heterocycles. The molecule has 4 rings (SSSR count). The van der Waals surface area contributed by atoms with Crippen LogP contribution in [0.5, 0.6) is 0 Å². The predicted octanol–water partition coefficient (Wildman–Crippen LogP) is 3.65. The van der Waals surface area contributed by atoms with Crippen molar-refractivity contribution >= 4 is 45.7 Å². The first kappa shape index (κ1) is 17.9. The van der Waals surface area contributed by atoms with Gasteiger partial charge in [-0.3, -0.25) is 14.6 Å². The fourth-order valence-corrected chi connectivity index (χ4v) is 4.44. The number of rotatable bonds is 4. The van der Waals surface area contributed by atoms with Gasteiger partial charge in [-0.05, 0) is 41.6 Å². The molecule has 138 valence electrons. The van der Waals surface area contributed by atoms with Gasteiger partial charge in [-0.25, -0.2) is 0 Å². The lowest BCUT2D eigenvalue weighted by atomic mass is 10.1. The summed E-state index contributed by atoms with van der Waals surface area (Å²) in [6, 6.07) is 9.13. The van der Waals surface area contributed by atoms with E-state index < -0.39 is 0 Å².